The molecule has 0 amide bonds. The molecule has 1 aliphatic carbocycles. The highest BCUT2D eigenvalue weighted by atomic mass is 32.1. The number of benzene rings is 1. The van der Waals surface area contributed by atoms with Crippen LogP contribution in [0.25, 0.3) is 10.2 Å². The summed E-state index contributed by atoms with van der Waals surface area (Å²) >= 11 is 1.69. The van der Waals surface area contributed by atoms with Crippen LogP contribution in [-0.4, -0.2) is 17.1 Å². The molecule has 3 aromatic rings. The second kappa shape index (κ2) is 6.76. The van der Waals surface area contributed by atoms with Gasteiger partial charge in [-0.05, 0) is 61.9 Å². The van der Waals surface area contributed by atoms with Crippen LogP contribution < -0.4 is 15.6 Å². The van der Waals surface area contributed by atoms with Gasteiger partial charge >= 0.3 is 0 Å². The van der Waals surface area contributed by atoms with Gasteiger partial charge in [-0.3, -0.25) is 4.79 Å². The highest BCUT2D eigenvalue weighted by Crippen LogP contribution is 2.36. The Morgan fingerprint density at radius 3 is 2.85 bits per heavy atom. The lowest BCUT2D eigenvalue weighted by molar-refractivity contribution is 0.415. The number of nitrogens with zero attached hydrogens (tertiary/aromatic N) is 1. The number of H-pyrrole nitrogens is 1. The summed E-state index contributed by atoms with van der Waals surface area (Å²) in [6.07, 6.45) is 3.19. The fourth-order valence-electron chi connectivity index (χ4n) is 3.58. The summed E-state index contributed by atoms with van der Waals surface area (Å²) in [4.78, 5) is 22.7. The standard InChI is InChI=1S/C20H23N3O2S/c1-11-4-9-15-16(10-11)26-20-17(15)19(24)22-18(23-20)12(2)21-13-5-7-14(25-3)8-6-13/h5-8,11-12,21H,4,9-10H2,1-3H3,(H,22,23,24)/t11-,12-/m1/s1. The van der Waals surface area contributed by atoms with Crippen LogP contribution in [0.5, 0.6) is 5.75 Å². The lowest BCUT2D eigenvalue weighted by atomic mass is 9.89. The van der Waals surface area contributed by atoms with Crippen molar-refractivity contribution in [3.8, 4) is 5.75 Å². The fourth-order valence-corrected chi connectivity index (χ4v) is 4.97. The van der Waals surface area contributed by atoms with Crippen LogP contribution in [0.15, 0.2) is 29.1 Å². The first kappa shape index (κ1) is 17.1. The molecule has 0 bridgehead atoms. The summed E-state index contributed by atoms with van der Waals surface area (Å²) in [6.45, 7) is 4.28. The molecule has 2 heterocycles. The largest absolute Gasteiger partial charge is 0.497 e. The van der Waals surface area contributed by atoms with Gasteiger partial charge in [0.1, 0.15) is 16.4 Å². The Kier molecular flexibility index (Phi) is 4.44. The summed E-state index contributed by atoms with van der Waals surface area (Å²) in [5, 5.41) is 4.19. The van der Waals surface area contributed by atoms with Crippen LogP contribution in [0.1, 0.15) is 42.6 Å². The van der Waals surface area contributed by atoms with E-state index in [1.807, 2.05) is 31.2 Å². The maximum atomic E-state index is 12.7. The summed E-state index contributed by atoms with van der Waals surface area (Å²) in [5.74, 6) is 2.17. The van der Waals surface area contributed by atoms with Crippen molar-refractivity contribution in [1.29, 1.82) is 0 Å². The summed E-state index contributed by atoms with van der Waals surface area (Å²) in [5.41, 5.74) is 2.17. The van der Waals surface area contributed by atoms with Crippen LogP contribution >= 0.6 is 11.3 Å². The Labute approximate surface area is 156 Å². The number of aromatic amines is 1. The number of fused-ring (bicyclic) bond motifs is 3. The number of aryl methyl sites for hydroxylation is 1. The zero-order chi connectivity index (χ0) is 18.3. The molecule has 5 nitrogen and oxygen atoms in total. The predicted octanol–water partition coefficient (Wildman–Crippen LogP) is 4.29. The average Bonchev–Trinajstić information content (AvgIpc) is 3.00. The number of thiophene rings is 1. The molecule has 4 rings (SSSR count). The molecule has 2 aromatic heterocycles. The highest BCUT2D eigenvalue weighted by molar-refractivity contribution is 7.18. The lowest BCUT2D eigenvalue weighted by Gasteiger charge is -2.17. The van der Waals surface area contributed by atoms with E-state index in [1.54, 1.807) is 18.4 Å². The number of hydrogen-bond acceptors (Lipinski definition) is 5. The van der Waals surface area contributed by atoms with Crippen LogP contribution in [0, 0.1) is 5.92 Å². The van der Waals surface area contributed by atoms with Gasteiger partial charge in [0, 0.05) is 10.6 Å². The molecule has 0 fully saturated rings. The lowest BCUT2D eigenvalue weighted by Crippen LogP contribution is -2.18. The number of rotatable bonds is 4. The van der Waals surface area contributed by atoms with E-state index in [4.69, 9.17) is 9.72 Å². The van der Waals surface area contributed by atoms with E-state index in [1.165, 1.54) is 10.4 Å². The molecule has 0 saturated carbocycles. The van der Waals surface area contributed by atoms with Crippen LogP contribution in [-0.2, 0) is 12.8 Å². The van der Waals surface area contributed by atoms with Gasteiger partial charge in [0.2, 0.25) is 0 Å². The minimum atomic E-state index is -0.0986. The van der Waals surface area contributed by atoms with Crippen molar-refractivity contribution in [2.75, 3.05) is 12.4 Å². The minimum Gasteiger partial charge on any atom is -0.497 e. The van der Waals surface area contributed by atoms with Crippen molar-refractivity contribution >= 4 is 27.2 Å². The van der Waals surface area contributed by atoms with Crippen molar-refractivity contribution < 1.29 is 4.74 Å². The Morgan fingerprint density at radius 2 is 2.12 bits per heavy atom. The zero-order valence-corrected chi connectivity index (χ0v) is 16.1. The molecule has 0 aliphatic heterocycles. The second-order valence-corrected chi connectivity index (χ2v) is 8.16. The number of methoxy groups -OCH3 is 1. The average molecular weight is 369 g/mol. The number of aromatic nitrogens is 2. The van der Waals surface area contributed by atoms with Crippen LogP contribution in [0.3, 0.4) is 0 Å². The molecule has 0 spiro atoms. The third kappa shape index (κ3) is 3.09. The molecule has 0 saturated heterocycles. The van der Waals surface area contributed by atoms with E-state index in [0.717, 1.165) is 40.9 Å². The van der Waals surface area contributed by atoms with Gasteiger partial charge in [-0.15, -0.1) is 11.3 Å². The molecule has 0 radical (unpaired) electrons. The SMILES string of the molecule is COc1ccc(N[C@H](C)c2nc3sc4c(c3c(=O)[nH]2)CC[C@@H](C)C4)cc1. The third-order valence-corrected chi connectivity index (χ3v) is 6.22. The Balaban J connectivity index is 1.65. The topological polar surface area (TPSA) is 67.0 Å². The Bertz CT molecular complexity index is 991. The van der Waals surface area contributed by atoms with E-state index >= 15 is 0 Å². The summed E-state index contributed by atoms with van der Waals surface area (Å²) in [6, 6.07) is 7.62. The maximum Gasteiger partial charge on any atom is 0.259 e. The Hall–Kier alpha value is -2.34. The van der Waals surface area contributed by atoms with Crippen molar-refractivity contribution in [2.45, 2.75) is 39.2 Å². The van der Waals surface area contributed by atoms with Gasteiger partial charge in [-0.25, -0.2) is 4.98 Å². The quantitative estimate of drug-likeness (QED) is 0.720. The summed E-state index contributed by atoms with van der Waals surface area (Å²) in [7, 11) is 1.65. The van der Waals surface area contributed by atoms with Crippen molar-refractivity contribution in [2.24, 2.45) is 5.92 Å². The molecular formula is C20H23N3O2S. The molecular weight excluding hydrogens is 346 g/mol. The van der Waals surface area contributed by atoms with Crippen molar-refractivity contribution in [3.63, 3.8) is 0 Å². The monoisotopic (exact) mass is 369 g/mol. The molecule has 6 heteroatoms. The van der Waals surface area contributed by atoms with E-state index in [-0.39, 0.29) is 11.6 Å². The zero-order valence-electron chi connectivity index (χ0n) is 15.3. The molecule has 2 N–H and O–H groups in total. The van der Waals surface area contributed by atoms with Crippen LogP contribution in [0.4, 0.5) is 5.69 Å². The van der Waals surface area contributed by atoms with Gasteiger partial charge < -0.3 is 15.0 Å². The van der Waals surface area contributed by atoms with Gasteiger partial charge in [0.25, 0.3) is 5.56 Å². The molecule has 1 aromatic carbocycles. The van der Waals surface area contributed by atoms with Crippen molar-refractivity contribution in [3.05, 3.63) is 50.9 Å². The van der Waals surface area contributed by atoms with E-state index in [0.29, 0.717) is 11.7 Å². The van der Waals surface area contributed by atoms with E-state index in [2.05, 4.69) is 17.2 Å². The number of ether oxygens (including phenoxy) is 1. The maximum absolute atomic E-state index is 12.7. The van der Waals surface area contributed by atoms with Gasteiger partial charge in [0.05, 0.1) is 18.5 Å². The van der Waals surface area contributed by atoms with E-state index in [9.17, 15) is 4.79 Å². The Morgan fingerprint density at radius 1 is 1.35 bits per heavy atom. The smallest absolute Gasteiger partial charge is 0.259 e. The molecule has 136 valence electrons. The van der Waals surface area contributed by atoms with Crippen molar-refractivity contribution in [1.82, 2.24) is 9.97 Å². The van der Waals surface area contributed by atoms with Gasteiger partial charge in [-0.1, -0.05) is 6.92 Å². The molecule has 26 heavy (non-hydrogen) atoms. The summed E-state index contributed by atoms with van der Waals surface area (Å²) < 4.78 is 5.18. The predicted molar refractivity (Wildman–Crippen MR) is 106 cm³/mol. The number of nitrogens with one attached hydrogen (secondary N) is 2. The molecule has 0 unspecified atom stereocenters. The number of hydrogen-bond donors (Lipinski definition) is 2. The van der Waals surface area contributed by atoms with Gasteiger partial charge in [-0.2, -0.15) is 0 Å². The normalized spacial score (nSPS) is 17.7. The first-order valence-corrected chi connectivity index (χ1v) is 9.82. The van der Waals surface area contributed by atoms with E-state index < -0.39 is 0 Å². The van der Waals surface area contributed by atoms with Gasteiger partial charge in [0.15, 0.2) is 0 Å². The fraction of sp³-hybridized carbons (Fsp3) is 0.400. The molecule has 2 atom stereocenters. The highest BCUT2D eigenvalue weighted by Gasteiger charge is 2.23. The number of anilines is 1. The first-order chi connectivity index (χ1) is 12.5. The van der Waals surface area contributed by atoms with Crippen LogP contribution in [0.2, 0.25) is 0 Å². The third-order valence-electron chi connectivity index (χ3n) is 5.07. The second-order valence-electron chi connectivity index (χ2n) is 7.08. The minimum absolute atomic E-state index is 0.0135. The first-order valence-electron chi connectivity index (χ1n) is 9.00. The molecule has 1 aliphatic rings.